The summed E-state index contributed by atoms with van der Waals surface area (Å²) in [4.78, 5) is 23.9. The summed E-state index contributed by atoms with van der Waals surface area (Å²) in [6, 6.07) is 12.4. The molecule has 8 heteroatoms. The molecule has 8 nitrogen and oxygen atoms in total. The van der Waals surface area contributed by atoms with Crippen molar-refractivity contribution >= 4 is 22.7 Å². The molecule has 1 fully saturated rings. The Morgan fingerprint density at radius 1 is 1.28 bits per heavy atom. The second-order valence-corrected chi connectivity index (χ2v) is 6.85. The Bertz CT molecular complexity index is 1040. The molecule has 0 aliphatic carbocycles. The summed E-state index contributed by atoms with van der Waals surface area (Å²) in [6.45, 7) is 2.60. The van der Waals surface area contributed by atoms with E-state index in [9.17, 15) is 9.90 Å². The maximum absolute atomic E-state index is 12.2. The molecule has 0 unspecified atom stereocenters. The van der Waals surface area contributed by atoms with Gasteiger partial charge in [0.2, 0.25) is 0 Å². The highest BCUT2D eigenvalue weighted by Gasteiger charge is 2.32. The number of ether oxygens (including phenoxy) is 1. The maximum Gasteiger partial charge on any atom is 0.325 e. The number of rotatable bonds is 6. The molecule has 1 saturated heterocycles. The first kappa shape index (κ1) is 18.8. The van der Waals surface area contributed by atoms with E-state index in [4.69, 9.17) is 10.00 Å². The number of aliphatic carboxylic acids is 1. The van der Waals surface area contributed by atoms with Gasteiger partial charge < -0.3 is 19.7 Å². The van der Waals surface area contributed by atoms with Crippen molar-refractivity contribution < 1.29 is 14.6 Å². The standard InChI is InChI=1S/C21H21N5O3/c22-6-12-29-15-4-5-18-16(13-15)17(14-24-18)20(21(27)28)26-10-8-25(9-11-26)19-3-1-2-7-23-19/h1-5,7,13-14,20,24H,8-12H2,(H,27,28)/t20-/m1/s1. The third kappa shape index (κ3) is 3.86. The van der Waals surface area contributed by atoms with Crippen molar-refractivity contribution in [1.29, 1.82) is 5.26 Å². The van der Waals surface area contributed by atoms with Gasteiger partial charge in [0.1, 0.15) is 23.7 Å². The fourth-order valence-electron chi connectivity index (χ4n) is 3.79. The van der Waals surface area contributed by atoms with Crippen LogP contribution in [0.25, 0.3) is 10.9 Å². The summed E-state index contributed by atoms with van der Waals surface area (Å²) in [6.07, 6.45) is 3.52. The third-order valence-corrected chi connectivity index (χ3v) is 5.17. The first-order valence-electron chi connectivity index (χ1n) is 9.41. The number of hydrogen-bond acceptors (Lipinski definition) is 6. The van der Waals surface area contributed by atoms with Crippen molar-refractivity contribution in [3.63, 3.8) is 0 Å². The fraction of sp³-hybridized carbons (Fsp3) is 0.286. The van der Waals surface area contributed by atoms with E-state index in [1.807, 2.05) is 35.2 Å². The number of anilines is 1. The number of carboxylic acids is 1. The molecule has 1 aliphatic heterocycles. The van der Waals surface area contributed by atoms with Gasteiger partial charge in [-0.2, -0.15) is 5.26 Å². The highest BCUT2D eigenvalue weighted by atomic mass is 16.5. The molecule has 2 aromatic heterocycles. The largest absolute Gasteiger partial charge is 0.480 e. The molecule has 0 amide bonds. The van der Waals surface area contributed by atoms with Crippen molar-refractivity contribution in [3.05, 3.63) is 54.4 Å². The van der Waals surface area contributed by atoms with Gasteiger partial charge in [-0.15, -0.1) is 0 Å². The van der Waals surface area contributed by atoms with Crippen molar-refractivity contribution in [1.82, 2.24) is 14.9 Å². The van der Waals surface area contributed by atoms with E-state index in [0.29, 0.717) is 37.5 Å². The lowest BCUT2D eigenvalue weighted by Gasteiger charge is -2.38. The van der Waals surface area contributed by atoms with Crippen molar-refractivity contribution in [2.75, 3.05) is 37.7 Å². The van der Waals surface area contributed by atoms with E-state index in [2.05, 4.69) is 14.9 Å². The van der Waals surface area contributed by atoms with Crippen molar-refractivity contribution in [2.24, 2.45) is 0 Å². The first-order chi connectivity index (χ1) is 14.2. The Balaban J connectivity index is 1.57. The summed E-state index contributed by atoms with van der Waals surface area (Å²) >= 11 is 0. The van der Waals surface area contributed by atoms with Crippen LogP contribution in [-0.4, -0.2) is 58.7 Å². The third-order valence-electron chi connectivity index (χ3n) is 5.17. The van der Waals surface area contributed by atoms with Crippen LogP contribution in [0.2, 0.25) is 0 Å². The molecule has 3 heterocycles. The normalized spacial score (nSPS) is 15.8. The number of aromatic nitrogens is 2. The number of H-pyrrole nitrogens is 1. The number of pyridine rings is 1. The smallest absolute Gasteiger partial charge is 0.325 e. The van der Waals surface area contributed by atoms with E-state index in [-0.39, 0.29) is 6.61 Å². The predicted molar refractivity (Wildman–Crippen MR) is 108 cm³/mol. The minimum atomic E-state index is -0.888. The van der Waals surface area contributed by atoms with Crippen molar-refractivity contribution in [3.8, 4) is 11.8 Å². The van der Waals surface area contributed by atoms with E-state index in [1.165, 1.54) is 0 Å². The number of hydrogen-bond donors (Lipinski definition) is 2. The lowest BCUT2D eigenvalue weighted by atomic mass is 10.0. The zero-order chi connectivity index (χ0) is 20.2. The average Bonchev–Trinajstić information content (AvgIpc) is 3.16. The SMILES string of the molecule is N#CCOc1ccc2[nH]cc([C@H](C(=O)O)N3CCN(c4ccccn4)CC3)c2c1. The van der Waals surface area contributed by atoms with Crippen LogP contribution in [-0.2, 0) is 4.79 Å². The summed E-state index contributed by atoms with van der Waals surface area (Å²) < 4.78 is 5.39. The van der Waals surface area contributed by atoms with Gasteiger partial charge >= 0.3 is 5.97 Å². The molecule has 1 aliphatic rings. The number of benzene rings is 1. The summed E-state index contributed by atoms with van der Waals surface area (Å²) in [5, 5.41) is 19.5. The molecule has 1 atom stereocenters. The Hall–Kier alpha value is -3.57. The molecule has 1 aromatic carbocycles. The predicted octanol–water partition coefficient (Wildman–Crippen LogP) is 2.41. The van der Waals surface area contributed by atoms with Crippen LogP contribution in [0, 0.1) is 11.3 Å². The zero-order valence-electron chi connectivity index (χ0n) is 15.8. The summed E-state index contributed by atoms with van der Waals surface area (Å²) in [7, 11) is 0. The quantitative estimate of drug-likeness (QED) is 0.665. The van der Waals surface area contributed by atoms with Gasteiger partial charge in [-0.1, -0.05) is 6.07 Å². The molecule has 4 rings (SSSR count). The highest BCUT2D eigenvalue weighted by Crippen LogP contribution is 2.32. The fourth-order valence-corrected chi connectivity index (χ4v) is 3.79. The van der Waals surface area contributed by atoms with Crippen LogP contribution in [0.3, 0.4) is 0 Å². The zero-order valence-corrected chi connectivity index (χ0v) is 15.8. The van der Waals surface area contributed by atoms with Gasteiger partial charge in [0.25, 0.3) is 0 Å². The van der Waals surface area contributed by atoms with Gasteiger partial charge in [0.05, 0.1) is 0 Å². The number of carboxylic acid groups (broad SMARTS) is 1. The molecule has 0 radical (unpaired) electrons. The number of aromatic amines is 1. The lowest BCUT2D eigenvalue weighted by molar-refractivity contribution is -0.143. The minimum Gasteiger partial charge on any atom is -0.480 e. The lowest BCUT2D eigenvalue weighted by Crippen LogP contribution is -2.49. The Morgan fingerprint density at radius 3 is 2.79 bits per heavy atom. The maximum atomic E-state index is 12.2. The molecule has 148 valence electrons. The second kappa shape index (κ2) is 8.20. The van der Waals surface area contributed by atoms with E-state index < -0.39 is 12.0 Å². The number of carbonyl (C=O) groups is 1. The van der Waals surface area contributed by atoms with Gasteiger partial charge in [-0.25, -0.2) is 4.98 Å². The molecule has 29 heavy (non-hydrogen) atoms. The van der Waals surface area contributed by atoms with E-state index in [0.717, 1.165) is 16.7 Å². The number of nitrogens with zero attached hydrogens (tertiary/aromatic N) is 4. The number of nitriles is 1. The first-order valence-corrected chi connectivity index (χ1v) is 9.41. The number of fused-ring (bicyclic) bond motifs is 1. The van der Waals surface area contributed by atoms with Crippen LogP contribution in [0.5, 0.6) is 5.75 Å². The summed E-state index contributed by atoms with van der Waals surface area (Å²) in [5.74, 6) is 0.565. The molecule has 0 spiro atoms. The molecule has 0 saturated carbocycles. The number of piperazine rings is 1. The molecular weight excluding hydrogens is 370 g/mol. The van der Waals surface area contributed by atoms with Crippen LogP contribution in [0.15, 0.2) is 48.8 Å². The van der Waals surface area contributed by atoms with Gasteiger partial charge in [0, 0.05) is 55.0 Å². The monoisotopic (exact) mass is 391 g/mol. The van der Waals surface area contributed by atoms with Gasteiger partial charge in [-0.05, 0) is 30.3 Å². The number of nitrogens with one attached hydrogen (secondary N) is 1. The van der Waals surface area contributed by atoms with E-state index in [1.54, 1.807) is 24.5 Å². The van der Waals surface area contributed by atoms with E-state index >= 15 is 0 Å². The molecule has 2 N–H and O–H groups in total. The topological polar surface area (TPSA) is 105 Å². The summed E-state index contributed by atoms with van der Waals surface area (Å²) in [5.41, 5.74) is 1.53. The Morgan fingerprint density at radius 2 is 2.10 bits per heavy atom. The van der Waals surface area contributed by atoms with Crippen LogP contribution >= 0.6 is 0 Å². The molecule has 0 bridgehead atoms. The Labute approximate surface area is 167 Å². The Kier molecular flexibility index (Phi) is 5.31. The average molecular weight is 391 g/mol. The second-order valence-electron chi connectivity index (χ2n) is 6.85. The minimum absolute atomic E-state index is 0.0525. The van der Waals surface area contributed by atoms with Crippen molar-refractivity contribution in [2.45, 2.75) is 6.04 Å². The molecule has 3 aromatic rings. The van der Waals surface area contributed by atoms with Crippen LogP contribution < -0.4 is 9.64 Å². The van der Waals surface area contributed by atoms with Gasteiger partial charge in [-0.3, -0.25) is 9.69 Å². The van der Waals surface area contributed by atoms with Crippen LogP contribution in [0.4, 0.5) is 5.82 Å². The van der Waals surface area contributed by atoms with Crippen LogP contribution in [0.1, 0.15) is 11.6 Å². The van der Waals surface area contributed by atoms with Gasteiger partial charge in [0.15, 0.2) is 6.61 Å². The highest BCUT2D eigenvalue weighted by molar-refractivity contribution is 5.90. The molecular formula is C21H21N5O3.